The third-order valence-corrected chi connectivity index (χ3v) is 16.6. The zero-order chi connectivity index (χ0) is 57.0. The van der Waals surface area contributed by atoms with Gasteiger partial charge in [0.25, 0.3) is 5.56 Å². The van der Waals surface area contributed by atoms with Gasteiger partial charge in [-0.3, -0.25) is 9.89 Å². The van der Waals surface area contributed by atoms with Gasteiger partial charge in [0, 0.05) is 28.0 Å². The average Bonchev–Trinajstić information content (AvgIpc) is 3.89. The number of hydrogen-bond donors (Lipinski definition) is 5. The molecular formula is C54H71Cl2CrN12O8S2. The van der Waals surface area contributed by atoms with Crippen molar-refractivity contribution in [2.45, 2.75) is 139 Å². The van der Waals surface area contributed by atoms with Crippen molar-refractivity contribution in [1.82, 2.24) is 34.3 Å². The molecule has 0 spiro atoms. The molecule has 6 N–H and O–H groups in total. The SMILES string of the molecule is C1CCC(NC2CCCCC2)CC1.CCCCC(CC)CN.CNS(=O)(=O)c1ccc(N=Nc2c(C)[nH]n(-c3ccc(Cl)cc3)c2=O)c([O-])c1.CNS(=O)(=O)c1ccc(N=Nc2c(C)nn(-c3ccc(Cl)cc3)c2[O-])c([O-])c1.[Cr+3]. The Hall–Kier alpha value is -5.45. The van der Waals surface area contributed by atoms with Crippen LogP contribution in [0.4, 0.5) is 22.7 Å². The first-order valence-corrected chi connectivity index (χ1v) is 29.9. The van der Waals surface area contributed by atoms with Crippen LogP contribution in [0.15, 0.2) is 120 Å². The first-order chi connectivity index (χ1) is 37.2. The minimum Gasteiger partial charge on any atom is -0.871 e. The topological polar surface area (TPSA) is 305 Å². The molecule has 2 saturated carbocycles. The van der Waals surface area contributed by atoms with Crippen LogP contribution in [0.1, 0.15) is 115 Å². The Morgan fingerprint density at radius 1 is 0.696 bits per heavy atom. The number of aromatic nitrogens is 4. The van der Waals surface area contributed by atoms with Gasteiger partial charge in [-0.2, -0.15) is 15.3 Å². The number of hydrogen-bond acceptors (Lipinski definition) is 15. The van der Waals surface area contributed by atoms with E-state index < -0.39 is 43.0 Å². The predicted octanol–water partition coefficient (Wildman–Crippen LogP) is 10.2. The van der Waals surface area contributed by atoms with E-state index in [2.05, 4.69) is 59.3 Å². The Morgan fingerprint density at radius 3 is 1.57 bits per heavy atom. The maximum absolute atomic E-state index is 12.6. The molecule has 0 saturated heterocycles. The van der Waals surface area contributed by atoms with Crippen molar-refractivity contribution < 1.29 is 49.5 Å². The van der Waals surface area contributed by atoms with Crippen LogP contribution in [0.2, 0.25) is 10.0 Å². The third-order valence-electron chi connectivity index (χ3n) is 13.3. The van der Waals surface area contributed by atoms with Crippen molar-refractivity contribution in [2.75, 3.05) is 20.6 Å². The van der Waals surface area contributed by atoms with Crippen LogP contribution in [0, 0.1) is 19.8 Å². The summed E-state index contributed by atoms with van der Waals surface area (Å²) in [6, 6.07) is 21.7. The number of aryl methyl sites for hydroxylation is 2. The van der Waals surface area contributed by atoms with Gasteiger partial charge in [-0.25, -0.2) is 35.6 Å². The molecule has 2 aliphatic rings. The Morgan fingerprint density at radius 2 is 1.15 bits per heavy atom. The smallest absolute Gasteiger partial charge is 0.871 e. The van der Waals surface area contributed by atoms with Gasteiger partial charge in [0.2, 0.25) is 20.0 Å². The second-order valence-electron chi connectivity index (χ2n) is 18.9. The van der Waals surface area contributed by atoms with E-state index in [0.717, 1.165) is 41.4 Å². The molecule has 0 bridgehead atoms. The quantitative estimate of drug-likeness (QED) is 0.0535. The molecule has 2 aliphatic carbocycles. The average molecular weight is 1200 g/mol. The maximum Gasteiger partial charge on any atom is 3.00 e. The van der Waals surface area contributed by atoms with Crippen molar-refractivity contribution in [3.8, 4) is 28.8 Å². The van der Waals surface area contributed by atoms with Gasteiger partial charge in [-0.05, 0) is 157 Å². The van der Waals surface area contributed by atoms with Gasteiger partial charge < -0.3 is 26.4 Å². The van der Waals surface area contributed by atoms with Crippen molar-refractivity contribution in [1.29, 1.82) is 0 Å². The largest absolute Gasteiger partial charge is 3.00 e. The van der Waals surface area contributed by atoms with E-state index in [9.17, 15) is 36.9 Å². The van der Waals surface area contributed by atoms with Crippen LogP contribution >= 0.6 is 23.2 Å². The van der Waals surface area contributed by atoms with Crippen molar-refractivity contribution in [3.05, 3.63) is 117 Å². The number of aromatic amines is 1. The van der Waals surface area contributed by atoms with Gasteiger partial charge in [-0.1, -0.05) is 106 Å². The first kappa shape index (κ1) is 66.1. The number of nitrogens with two attached hydrogens (primary N) is 1. The van der Waals surface area contributed by atoms with Crippen LogP contribution in [-0.4, -0.2) is 69.1 Å². The maximum atomic E-state index is 12.6. The molecule has 0 amide bonds. The number of rotatable bonds is 17. The molecule has 8 rings (SSSR count). The molecule has 1 atom stereocenters. The fourth-order valence-corrected chi connectivity index (χ4v) is 10.3. The fraction of sp³-hybridized carbons (Fsp3) is 0.444. The number of unbranched alkanes of at least 4 members (excludes halogenated alkanes) is 1. The molecule has 2 heterocycles. The van der Waals surface area contributed by atoms with Crippen LogP contribution in [0.3, 0.4) is 0 Å². The number of halogens is 2. The summed E-state index contributed by atoms with van der Waals surface area (Å²) in [4.78, 5) is 12.2. The molecule has 427 valence electrons. The summed E-state index contributed by atoms with van der Waals surface area (Å²) >= 11 is 11.7. The van der Waals surface area contributed by atoms with Gasteiger partial charge in [-0.15, -0.1) is 10.2 Å². The molecule has 1 radical (unpaired) electrons. The first-order valence-electron chi connectivity index (χ1n) is 26.1. The second-order valence-corrected chi connectivity index (χ2v) is 23.5. The van der Waals surface area contributed by atoms with Crippen molar-refractivity contribution >= 4 is 66.0 Å². The normalized spacial score (nSPS) is 14.6. The monoisotopic (exact) mass is 1200 g/mol. The summed E-state index contributed by atoms with van der Waals surface area (Å²) in [7, 11) is -5.00. The molecule has 25 heteroatoms. The molecule has 1 unspecified atom stereocenters. The number of benzene rings is 4. The summed E-state index contributed by atoms with van der Waals surface area (Å²) in [5.41, 5.74) is 6.72. The van der Waals surface area contributed by atoms with Crippen LogP contribution < -0.4 is 41.4 Å². The van der Waals surface area contributed by atoms with Crippen molar-refractivity contribution in [3.63, 3.8) is 0 Å². The van der Waals surface area contributed by atoms with E-state index in [1.54, 1.807) is 62.4 Å². The fourth-order valence-electron chi connectivity index (χ4n) is 8.58. The minimum atomic E-state index is -3.74. The summed E-state index contributed by atoms with van der Waals surface area (Å²) < 4.78 is 53.6. The molecule has 2 fully saturated rings. The van der Waals surface area contributed by atoms with Crippen LogP contribution in [0.25, 0.3) is 11.4 Å². The van der Waals surface area contributed by atoms with E-state index >= 15 is 0 Å². The molecular weight excluding hydrogens is 1130 g/mol. The standard InChI is InChI=1S/2C17H16ClN5O4S.C12H23N.C8H19N.Cr/c2*1-10-16(17(25)23(22-10)12-5-3-11(18)4-6-12)21-20-14-8-7-13(9-15(14)24)28(26,27)19-2;1-3-7-11(8-4-1)13-12-9-5-2-6-10-12;1-3-5-6-8(4-2)7-9;/h3-9,19,24-25H,1-2H3;3-9,19,22,24H,1-2H3;11-13H,1-10H2;8H,3-7,9H2,1-2H3;/q;;;;+3/p-3. The van der Waals surface area contributed by atoms with E-state index in [1.165, 1.54) is 133 Å². The molecule has 20 nitrogen and oxygen atoms in total. The number of H-pyrrole nitrogens is 1. The third kappa shape index (κ3) is 19.4. The van der Waals surface area contributed by atoms with E-state index in [0.29, 0.717) is 32.8 Å². The van der Waals surface area contributed by atoms with Gasteiger partial charge >= 0.3 is 17.4 Å². The number of nitrogens with one attached hydrogen (secondary N) is 4. The zero-order valence-corrected chi connectivity index (χ0v) is 49.8. The second kappa shape index (κ2) is 32.1. The molecule has 2 aromatic heterocycles. The summed E-state index contributed by atoms with van der Waals surface area (Å²) in [6.45, 7) is 8.54. The number of sulfonamides is 2. The summed E-state index contributed by atoms with van der Waals surface area (Å²) in [6.07, 6.45) is 19.8. The molecule has 6 aromatic rings. The van der Waals surface area contributed by atoms with E-state index in [-0.39, 0.29) is 49.9 Å². The number of azo groups is 2. The molecule has 0 aliphatic heterocycles. The predicted molar refractivity (Wildman–Crippen MR) is 301 cm³/mol. The minimum absolute atomic E-state index is 0. The summed E-state index contributed by atoms with van der Waals surface area (Å²) in [5.74, 6) is -1.00. The van der Waals surface area contributed by atoms with Crippen LogP contribution in [0.5, 0.6) is 17.4 Å². The Balaban J connectivity index is 0.000000246. The Labute approximate surface area is 484 Å². The Bertz CT molecular complexity index is 3200. The van der Waals surface area contributed by atoms with Gasteiger partial charge in [0.05, 0.1) is 43.9 Å². The van der Waals surface area contributed by atoms with Crippen molar-refractivity contribution in [2.24, 2.45) is 32.1 Å². The Kier molecular flexibility index (Phi) is 26.9. The van der Waals surface area contributed by atoms with E-state index in [1.807, 2.05) is 0 Å². The van der Waals surface area contributed by atoms with Gasteiger partial charge in [0.15, 0.2) is 5.69 Å². The molecule has 79 heavy (non-hydrogen) atoms. The summed E-state index contributed by atoms with van der Waals surface area (Å²) in [5, 5.41) is 64.0. The van der Waals surface area contributed by atoms with Gasteiger partial charge in [0.1, 0.15) is 5.69 Å². The molecule has 4 aromatic carbocycles. The number of nitrogens with zero attached hydrogens (tertiary/aromatic N) is 7. The zero-order valence-electron chi connectivity index (χ0n) is 45.4. The van der Waals surface area contributed by atoms with Crippen LogP contribution in [-0.2, 0) is 37.4 Å². The van der Waals surface area contributed by atoms with E-state index in [4.69, 9.17) is 28.9 Å².